The number of hydrogen-bond acceptors (Lipinski definition) is 5. The first kappa shape index (κ1) is 24.0. The maximum absolute atomic E-state index is 12.9. The maximum atomic E-state index is 12.9. The van der Waals surface area contributed by atoms with Crippen LogP contribution in [0.5, 0.6) is 0 Å². The van der Waals surface area contributed by atoms with Crippen LogP contribution in [0.15, 0.2) is 89.8 Å². The van der Waals surface area contributed by atoms with Crippen molar-refractivity contribution in [2.75, 3.05) is 24.5 Å². The standard InChI is InChI=1S/C25H26N2O5S/c1-27(22-14-6-3-7-15-22)33(30,31)23-16-8-13-21(18-23)25(29)32-19-24(28)26-17-9-12-20-10-4-2-5-11-20/h2-8,10-11,13-16,18H,9,12,17,19H2,1H3,(H,26,28). The van der Waals surface area contributed by atoms with Crippen LogP contribution in [0.25, 0.3) is 0 Å². The molecule has 7 nitrogen and oxygen atoms in total. The third kappa shape index (κ3) is 6.66. The van der Waals surface area contributed by atoms with Crippen molar-refractivity contribution < 1.29 is 22.7 Å². The molecule has 0 saturated carbocycles. The van der Waals surface area contributed by atoms with Gasteiger partial charge in [0.2, 0.25) is 0 Å². The second-order valence-electron chi connectivity index (χ2n) is 7.35. The number of aryl methyl sites for hydroxylation is 1. The van der Waals surface area contributed by atoms with E-state index < -0.39 is 28.5 Å². The summed E-state index contributed by atoms with van der Waals surface area (Å²) < 4.78 is 32.1. The molecule has 0 aliphatic carbocycles. The lowest BCUT2D eigenvalue weighted by Gasteiger charge is -2.19. The number of sulfonamides is 1. The van der Waals surface area contributed by atoms with Gasteiger partial charge in [0, 0.05) is 13.6 Å². The van der Waals surface area contributed by atoms with E-state index in [-0.39, 0.29) is 10.5 Å². The second-order valence-corrected chi connectivity index (χ2v) is 9.32. The van der Waals surface area contributed by atoms with Crippen LogP contribution in [0, 0.1) is 0 Å². The zero-order chi connectivity index (χ0) is 23.7. The molecule has 8 heteroatoms. The Balaban J connectivity index is 1.52. The number of para-hydroxylation sites is 1. The molecule has 0 aliphatic heterocycles. The summed E-state index contributed by atoms with van der Waals surface area (Å²) in [5, 5.41) is 2.71. The Hall–Kier alpha value is -3.65. The van der Waals surface area contributed by atoms with Crippen LogP contribution in [0.3, 0.4) is 0 Å². The van der Waals surface area contributed by atoms with Crippen molar-refractivity contribution in [2.45, 2.75) is 17.7 Å². The van der Waals surface area contributed by atoms with Crippen molar-refractivity contribution in [3.63, 3.8) is 0 Å². The second kappa shape index (κ2) is 11.3. The first-order valence-electron chi connectivity index (χ1n) is 10.5. The molecule has 33 heavy (non-hydrogen) atoms. The summed E-state index contributed by atoms with van der Waals surface area (Å²) in [6, 6.07) is 24.1. The monoisotopic (exact) mass is 466 g/mol. The fraction of sp³-hybridized carbons (Fsp3) is 0.200. The summed E-state index contributed by atoms with van der Waals surface area (Å²) in [5.74, 6) is -1.18. The molecule has 1 N–H and O–H groups in total. The molecule has 0 bridgehead atoms. The molecule has 0 radical (unpaired) electrons. The molecule has 3 rings (SSSR count). The maximum Gasteiger partial charge on any atom is 0.338 e. The SMILES string of the molecule is CN(c1ccccc1)S(=O)(=O)c1cccc(C(=O)OCC(=O)NCCCc2ccccc2)c1. The zero-order valence-corrected chi connectivity index (χ0v) is 19.1. The molecular weight excluding hydrogens is 440 g/mol. The van der Waals surface area contributed by atoms with E-state index in [1.807, 2.05) is 30.3 Å². The lowest BCUT2D eigenvalue weighted by molar-refractivity contribution is -0.124. The van der Waals surface area contributed by atoms with Crippen molar-refractivity contribution in [1.82, 2.24) is 5.32 Å². The van der Waals surface area contributed by atoms with Gasteiger partial charge in [0.05, 0.1) is 16.1 Å². The van der Waals surface area contributed by atoms with Crippen LogP contribution in [-0.2, 0) is 26.0 Å². The lowest BCUT2D eigenvalue weighted by atomic mass is 10.1. The number of nitrogens with zero attached hydrogens (tertiary/aromatic N) is 1. The Morgan fingerprint density at radius 3 is 2.27 bits per heavy atom. The van der Waals surface area contributed by atoms with E-state index in [2.05, 4.69) is 5.32 Å². The number of nitrogens with one attached hydrogen (secondary N) is 1. The number of rotatable bonds is 10. The van der Waals surface area contributed by atoms with Gasteiger partial charge < -0.3 is 10.1 Å². The van der Waals surface area contributed by atoms with Crippen LogP contribution in [0.1, 0.15) is 22.3 Å². The highest BCUT2D eigenvalue weighted by Gasteiger charge is 2.22. The van der Waals surface area contributed by atoms with Gasteiger partial charge in [-0.3, -0.25) is 9.10 Å². The quantitative estimate of drug-likeness (QED) is 0.365. The third-order valence-electron chi connectivity index (χ3n) is 4.99. The minimum absolute atomic E-state index is 0.0475. The molecule has 3 aromatic carbocycles. The molecule has 0 unspecified atom stereocenters. The van der Waals surface area contributed by atoms with E-state index in [0.29, 0.717) is 12.2 Å². The Morgan fingerprint density at radius 1 is 0.909 bits per heavy atom. The van der Waals surface area contributed by atoms with E-state index in [0.717, 1.165) is 17.1 Å². The van der Waals surface area contributed by atoms with Crippen molar-refractivity contribution in [1.29, 1.82) is 0 Å². The van der Waals surface area contributed by atoms with E-state index >= 15 is 0 Å². The van der Waals surface area contributed by atoms with E-state index in [4.69, 9.17) is 4.74 Å². The minimum Gasteiger partial charge on any atom is -0.452 e. The van der Waals surface area contributed by atoms with Gasteiger partial charge in [0.1, 0.15) is 0 Å². The molecule has 3 aromatic rings. The highest BCUT2D eigenvalue weighted by atomic mass is 32.2. The third-order valence-corrected chi connectivity index (χ3v) is 6.77. The number of esters is 1. The normalized spacial score (nSPS) is 10.9. The van der Waals surface area contributed by atoms with Crippen molar-refractivity contribution >= 4 is 27.6 Å². The number of benzene rings is 3. The summed E-state index contributed by atoms with van der Waals surface area (Å²) in [5.41, 5.74) is 1.73. The van der Waals surface area contributed by atoms with Gasteiger partial charge in [-0.25, -0.2) is 13.2 Å². The average Bonchev–Trinajstić information content (AvgIpc) is 2.86. The van der Waals surface area contributed by atoms with Crippen molar-refractivity contribution in [3.8, 4) is 0 Å². The van der Waals surface area contributed by atoms with E-state index in [9.17, 15) is 18.0 Å². The summed E-state index contributed by atoms with van der Waals surface area (Å²) in [6.07, 6.45) is 1.60. The fourth-order valence-electron chi connectivity index (χ4n) is 3.15. The van der Waals surface area contributed by atoms with Crippen molar-refractivity contribution in [3.05, 3.63) is 96.1 Å². The number of amides is 1. The van der Waals surface area contributed by atoms with Crippen LogP contribution in [-0.4, -0.2) is 40.5 Å². The summed E-state index contributed by atoms with van der Waals surface area (Å²) in [7, 11) is -2.43. The number of carbonyl (C=O) groups is 2. The van der Waals surface area contributed by atoms with Gasteiger partial charge in [-0.15, -0.1) is 0 Å². The first-order valence-corrected chi connectivity index (χ1v) is 11.9. The Bertz CT molecular complexity index is 1180. The highest BCUT2D eigenvalue weighted by Crippen LogP contribution is 2.22. The van der Waals surface area contributed by atoms with Crippen LogP contribution >= 0.6 is 0 Å². The van der Waals surface area contributed by atoms with Crippen LogP contribution in [0.2, 0.25) is 0 Å². The molecule has 0 atom stereocenters. The lowest BCUT2D eigenvalue weighted by Crippen LogP contribution is -2.30. The smallest absolute Gasteiger partial charge is 0.338 e. The van der Waals surface area contributed by atoms with Gasteiger partial charge in [-0.2, -0.15) is 0 Å². The predicted molar refractivity (Wildman–Crippen MR) is 127 cm³/mol. The fourth-order valence-corrected chi connectivity index (χ4v) is 4.39. The first-order chi connectivity index (χ1) is 15.9. The molecule has 0 fully saturated rings. The van der Waals surface area contributed by atoms with Crippen LogP contribution < -0.4 is 9.62 Å². The molecule has 0 heterocycles. The number of carbonyl (C=O) groups excluding carboxylic acids is 2. The molecule has 0 aliphatic rings. The van der Waals surface area contributed by atoms with Gasteiger partial charge in [-0.1, -0.05) is 54.6 Å². The number of anilines is 1. The van der Waals surface area contributed by atoms with E-state index in [1.165, 1.54) is 36.9 Å². The van der Waals surface area contributed by atoms with Gasteiger partial charge in [0.15, 0.2) is 6.61 Å². The Labute approximate surface area is 194 Å². The average molecular weight is 467 g/mol. The zero-order valence-electron chi connectivity index (χ0n) is 18.3. The van der Waals surface area contributed by atoms with Gasteiger partial charge in [-0.05, 0) is 48.7 Å². The van der Waals surface area contributed by atoms with Crippen LogP contribution in [0.4, 0.5) is 5.69 Å². The molecular formula is C25H26N2O5S. The number of ether oxygens (including phenoxy) is 1. The minimum atomic E-state index is -3.87. The molecule has 172 valence electrons. The molecule has 0 aromatic heterocycles. The van der Waals surface area contributed by atoms with Gasteiger partial charge >= 0.3 is 5.97 Å². The topological polar surface area (TPSA) is 92.8 Å². The van der Waals surface area contributed by atoms with Gasteiger partial charge in [0.25, 0.3) is 15.9 Å². The molecule has 0 saturated heterocycles. The Kier molecular flexibility index (Phi) is 8.21. The summed E-state index contributed by atoms with van der Waals surface area (Å²) in [4.78, 5) is 24.3. The highest BCUT2D eigenvalue weighted by molar-refractivity contribution is 7.92. The summed E-state index contributed by atoms with van der Waals surface area (Å²) >= 11 is 0. The number of hydrogen-bond donors (Lipinski definition) is 1. The largest absolute Gasteiger partial charge is 0.452 e. The van der Waals surface area contributed by atoms with Crippen molar-refractivity contribution in [2.24, 2.45) is 0 Å². The molecule has 0 spiro atoms. The molecule has 1 amide bonds. The van der Waals surface area contributed by atoms with E-state index in [1.54, 1.807) is 30.3 Å². The predicted octanol–water partition coefficient (Wildman–Crippen LogP) is 3.42. The summed E-state index contributed by atoms with van der Waals surface area (Å²) in [6.45, 7) is 0.0237. The Morgan fingerprint density at radius 2 is 1.58 bits per heavy atom.